The summed E-state index contributed by atoms with van der Waals surface area (Å²) in [5.74, 6) is 0.917. The van der Waals surface area contributed by atoms with E-state index in [4.69, 9.17) is 9.47 Å². The fourth-order valence-electron chi connectivity index (χ4n) is 3.43. The van der Waals surface area contributed by atoms with E-state index in [1.54, 1.807) is 37.3 Å². The lowest BCUT2D eigenvalue weighted by molar-refractivity contribution is -0.116. The van der Waals surface area contributed by atoms with E-state index in [1.165, 1.54) is 16.2 Å². The molecule has 0 saturated carbocycles. The zero-order valence-corrected chi connectivity index (χ0v) is 17.8. The summed E-state index contributed by atoms with van der Waals surface area (Å²) >= 11 is 1.42. The number of para-hydroxylation sites is 1. The molecule has 0 aliphatic carbocycles. The van der Waals surface area contributed by atoms with Gasteiger partial charge in [0, 0.05) is 19.2 Å². The molecule has 30 heavy (non-hydrogen) atoms. The Morgan fingerprint density at radius 1 is 1.20 bits per heavy atom. The van der Waals surface area contributed by atoms with Crippen molar-refractivity contribution >= 4 is 44.3 Å². The minimum absolute atomic E-state index is 0.0451. The third-order valence-electron chi connectivity index (χ3n) is 4.97. The van der Waals surface area contributed by atoms with Gasteiger partial charge in [-0.3, -0.25) is 9.69 Å². The van der Waals surface area contributed by atoms with Gasteiger partial charge in [0.2, 0.25) is 5.91 Å². The van der Waals surface area contributed by atoms with Crippen LogP contribution in [0, 0.1) is 6.92 Å². The minimum atomic E-state index is -0.278. The largest absolute Gasteiger partial charge is 0.497 e. The summed E-state index contributed by atoms with van der Waals surface area (Å²) in [4.78, 5) is 33.0. The van der Waals surface area contributed by atoms with Gasteiger partial charge in [0.1, 0.15) is 18.0 Å². The number of fused-ring (bicyclic) bond motifs is 1. The van der Waals surface area contributed by atoms with Crippen LogP contribution >= 0.6 is 11.3 Å². The number of aromatic nitrogens is 1. The maximum atomic E-state index is 12.9. The number of nitrogens with zero attached hydrogens (tertiary/aromatic N) is 3. The highest BCUT2D eigenvalue weighted by Gasteiger charge is 2.32. The first kappa shape index (κ1) is 20.0. The van der Waals surface area contributed by atoms with Gasteiger partial charge in [-0.1, -0.05) is 23.5 Å². The van der Waals surface area contributed by atoms with Crippen molar-refractivity contribution in [1.82, 2.24) is 9.88 Å². The molecule has 3 amide bonds. The molecule has 1 aromatic heterocycles. The van der Waals surface area contributed by atoms with Crippen LogP contribution in [0.2, 0.25) is 0 Å². The number of amides is 3. The van der Waals surface area contributed by atoms with Crippen LogP contribution < -0.4 is 19.7 Å². The van der Waals surface area contributed by atoms with Gasteiger partial charge in [-0.2, -0.15) is 0 Å². The number of thiazole rings is 1. The van der Waals surface area contributed by atoms with E-state index in [1.807, 2.05) is 25.1 Å². The Bertz CT molecular complexity index is 1110. The van der Waals surface area contributed by atoms with E-state index in [-0.39, 0.29) is 18.5 Å². The second kappa shape index (κ2) is 8.19. The number of urea groups is 1. The first-order valence-corrected chi connectivity index (χ1v) is 10.3. The molecule has 0 radical (unpaired) electrons. The summed E-state index contributed by atoms with van der Waals surface area (Å²) in [5.41, 5.74) is 2.56. The van der Waals surface area contributed by atoms with Crippen LogP contribution in [0.15, 0.2) is 36.4 Å². The molecule has 8 nitrogen and oxygen atoms in total. The molecule has 1 aliphatic rings. The highest BCUT2D eigenvalue weighted by molar-refractivity contribution is 7.22. The Labute approximate surface area is 178 Å². The lowest BCUT2D eigenvalue weighted by Crippen LogP contribution is -2.37. The van der Waals surface area contributed by atoms with Crippen LogP contribution in [0.4, 0.5) is 15.6 Å². The Morgan fingerprint density at radius 2 is 2.03 bits per heavy atom. The van der Waals surface area contributed by atoms with Crippen molar-refractivity contribution in [3.05, 3.63) is 42.0 Å². The number of benzene rings is 2. The number of ether oxygens (including phenoxy) is 2. The van der Waals surface area contributed by atoms with Crippen LogP contribution in [-0.4, -0.2) is 55.7 Å². The molecule has 1 saturated heterocycles. The number of methoxy groups -OCH3 is 2. The molecule has 0 atom stereocenters. The topological polar surface area (TPSA) is 84.0 Å². The van der Waals surface area contributed by atoms with E-state index in [9.17, 15) is 9.59 Å². The molecular formula is C21H22N4O4S. The molecule has 0 unspecified atom stereocenters. The van der Waals surface area contributed by atoms with Crippen LogP contribution in [0.3, 0.4) is 0 Å². The fraction of sp³-hybridized carbons (Fsp3) is 0.286. The van der Waals surface area contributed by atoms with Gasteiger partial charge in [0.15, 0.2) is 5.13 Å². The molecule has 1 fully saturated rings. The summed E-state index contributed by atoms with van der Waals surface area (Å²) in [6.07, 6.45) is 0. The normalized spacial score (nSPS) is 13.8. The van der Waals surface area contributed by atoms with Gasteiger partial charge < -0.3 is 19.7 Å². The number of aryl methyl sites for hydroxylation is 1. The number of anilines is 2. The third kappa shape index (κ3) is 3.76. The van der Waals surface area contributed by atoms with Gasteiger partial charge in [-0.15, -0.1) is 0 Å². The van der Waals surface area contributed by atoms with Crippen LogP contribution in [0.1, 0.15) is 5.56 Å². The van der Waals surface area contributed by atoms with Gasteiger partial charge in [-0.05, 0) is 30.7 Å². The quantitative estimate of drug-likeness (QED) is 0.652. The fourth-order valence-corrected chi connectivity index (χ4v) is 4.39. The predicted octanol–water partition coefficient (Wildman–Crippen LogP) is 3.50. The maximum Gasteiger partial charge on any atom is 0.325 e. The lowest BCUT2D eigenvalue weighted by atomic mass is 10.2. The van der Waals surface area contributed by atoms with Crippen LogP contribution in [-0.2, 0) is 4.79 Å². The Balaban J connectivity index is 1.45. The molecular weight excluding hydrogens is 404 g/mol. The molecule has 156 valence electrons. The maximum absolute atomic E-state index is 12.9. The number of hydrogen-bond donors (Lipinski definition) is 1. The Hall–Kier alpha value is -3.33. The number of carbonyl (C=O) groups excluding carboxylic acids is 2. The molecule has 3 aromatic rings. The zero-order chi connectivity index (χ0) is 21.3. The molecule has 0 spiro atoms. The zero-order valence-electron chi connectivity index (χ0n) is 17.0. The van der Waals surface area contributed by atoms with E-state index in [2.05, 4.69) is 10.3 Å². The SMILES string of the molecule is COc1ccc(OC)c(N2CCN(CC(=O)Nc3nc4c(C)cccc4s3)C2=O)c1. The van der Waals surface area contributed by atoms with E-state index >= 15 is 0 Å². The van der Waals surface area contributed by atoms with Crippen molar-refractivity contribution in [3.8, 4) is 11.5 Å². The average molecular weight is 426 g/mol. The average Bonchev–Trinajstić information content (AvgIpc) is 3.31. The summed E-state index contributed by atoms with van der Waals surface area (Å²) in [5, 5.41) is 3.34. The van der Waals surface area contributed by atoms with Gasteiger partial charge in [-0.25, -0.2) is 9.78 Å². The van der Waals surface area contributed by atoms with Crippen molar-refractivity contribution in [3.63, 3.8) is 0 Å². The van der Waals surface area contributed by atoms with Crippen LogP contribution in [0.5, 0.6) is 11.5 Å². The number of nitrogens with one attached hydrogen (secondary N) is 1. The molecule has 2 heterocycles. The van der Waals surface area contributed by atoms with Crippen LogP contribution in [0.25, 0.3) is 10.2 Å². The summed E-state index contributed by atoms with van der Waals surface area (Å²) in [6, 6.07) is 10.9. The second-order valence-corrected chi connectivity index (χ2v) is 7.91. The highest BCUT2D eigenvalue weighted by atomic mass is 32.1. The lowest BCUT2D eigenvalue weighted by Gasteiger charge is -2.20. The molecule has 0 bridgehead atoms. The Morgan fingerprint density at radius 3 is 2.77 bits per heavy atom. The molecule has 4 rings (SSSR count). The second-order valence-electron chi connectivity index (χ2n) is 6.88. The van der Waals surface area contributed by atoms with E-state index in [0.29, 0.717) is 35.4 Å². The van der Waals surface area contributed by atoms with Gasteiger partial charge in [0.05, 0.1) is 30.1 Å². The first-order valence-electron chi connectivity index (χ1n) is 9.44. The van der Waals surface area contributed by atoms with Gasteiger partial charge in [0.25, 0.3) is 0 Å². The van der Waals surface area contributed by atoms with Crippen molar-refractivity contribution in [2.45, 2.75) is 6.92 Å². The molecule has 1 N–H and O–H groups in total. The smallest absolute Gasteiger partial charge is 0.325 e. The summed E-state index contributed by atoms with van der Waals surface area (Å²) < 4.78 is 11.7. The third-order valence-corrected chi connectivity index (χ3v) is 5.91. The van der Waals surface area contributed by atoms with Crippen molar-refractivity contribution in [1.29, 1.82) is 0 Å². The van der Waals surface area contributed by atoms with E-state index in [0.717, 1.165) is 15.8 Å². The number of carbonyl (C=O) groups is 2. The molecule has 9 heteroatoms. The van der Waals surface area contributed by atoms with Crippen molar-refractivity contribution in [2.24, 2.45) is 0 Å². The monoisotopic (exact) mass is 426 g/mol. The predicted molar refractivity (Wildman–Crippen MR) is 117 cm³/mol. The number of hydrogen-bond acceptors (Lipinski definition) is 6. The minimum Gasteiger partial charge on any atom is -0.497 e. The van der Waals surface area contributed by atoms with Crippen molar-refractivity contribution in [2.75, 3.05) is 44.1 Å². The van der Waals surface area contributed by atoms with Gasteiger partial charge >= 0.3 is 6.03 Å². The molecule has 2 aromatic carbocycles. The summed E-state index contributed by atoms with van der Waals surface area (Å²) in [7, 11) is 3.12. The van der Waals surface area contributed by atoms with E-state index < -0.39 is 0 Å². The summed E-state index contributed by atoms with van der Waals surface area (Å²) in [6.45, 7) is 2.83. The standard InChI is InChI=1S/C21H22N4O4S/c1-13-5-4-6-17-19(13)23-20(30-17)22-18(26)12-24-9-10-25(21(24)27)15-11-14(28-2)7-8-16(15)29-3/h4-8,11H,9-10,12H2,1-3H3,(H,22,23,26). The van der Waals surface area contributed by atoms with Crippen molar-refractivity contribution < 1.29 is 19.1 Å². The number of rotatable bonds is 6. The first-order chi connectivity index (χ1) is 14.5. The molecule has 1 aliphatic heterocycles. The highest BCUT2D eigenvalue weighted by Crippen LogP contribution is 2.34. The Kier molecular flexibility index (Phi) is 5.45.